The van der Waals surface area contributed by atoms with Crippen LogP contribution < -0.4 is 14.8 Å². The van der Waals surface area contributed by atoms with Crippen LogP contribution in [0.2, 0.25) is 0 Å². The second-order valence-corrected chi connectivity index (χ2v) is 5.62. The van der Waals surface area contributed by atoms with Gasteiger partial charge in [-0.2, -0.15) is 0 Å². The molecule has 0 bridgehead atoms. The minimum Gasteiger partial charge on any atom is -0.504 e. The number of aromatic hydroxyl groups is 1. The van der Waals surface area contributed by atoms with Crippen LogP contribution in [0, 0.1) is 6.92 Å². The fraction of sp³-hybridized carbons (Fsp3) is 0.200. The summed E-state index contributed by atoms with van der Waals surface area (Å²) in [6, 6.07) is 9.99. The van der Waals surface area contributed by atoms with E-state index in [1.54, 1.807) is 24.3 Å². The maximum atomic E-state index is 12.0. The Kier molecular flexibility index (Phi) is 6.82. The lowest BCUT2D eigenvalue weighted by molar-refractivity contribution is -0.142. The Morgan fingerprint density at radius 1 is 1.07 bits per heavy atom. The normalized spacial score (nSPS) is 10.5. The molecule has 142 valence electrons. The molecular formula is C20H21NO6. The summed E-state index contributed by atoms with van der Waals surface area (Å²) in [6.45, 7) is 1.46. The summed E-state index contributed by atoms with van der Waals surface area (Å²) in [5.41, 5.74) is 2.09. The van der Waals surface area contributed by atoms with Gasteiger partial charge in [0.05, 0.1) is 19.9 Å². The van der Waals surface area contributed by atoms with E-state index in [4.69, 9.17) is 14.2 Å². The zero-order chi connectivity index (χ0) is 19.8. The fourth-order valence-electron chi connectivity index (χ4n) is 2.25. The second-order valence-electron chi connectivity index (χ2n) is 5.62. The first-order valence-corrected chi connectivity index (χ1v) is 8.09. The first-order chi connectivity index (χ1) is 12.9. The Hall–Kier alpha value is -3.48. The van der Waals surface area contributed by atoms with Gasteiger partial charge in [0, 0.05) is 6.08 Å². The summed E-state index contributed by atoms with van der Waals surface area (Å²) in [4.78, 5) is 23.8. The Balaban J connectivity index is 1.90. The van der Waals surface area contributed by atoms with E-state index in [9.17, 15) is 14.7 Å². The van der Waals surface area contributed by atoms with Crippen molar-refractivity contribution in [3.63, 3.8) is 0 Å². The molecule has 0 radical (unpaired) electrons. The van der Waals surface area contributed by atoms with E-state index in [-0.39, 0.29) is 11.5 Å². The lowest BCUT2D eigenvalue weighted by Crippen LogP contribution is -2.20. The molecule has 2 N–H and O–H groups in total. The van der Waals surface area contributed by atoms with Crippen molar-refractivity contribution < 1.29 is 28.9 Å². The number of nitrogens with one attached hydrogen (secondary N) is 1. The van der Waals surface area contributed by atoms with Crippen LogP contribution in [0.3, 0.4) is 0 Å². The van der Waals surface area contributed by atoms with Crippen molar-refractivity contribution in [1.82, 2.24) is 0 Å². The molecule has 27 heavy (non-hydrogen) atoms. The molecule has 2 aromatic rings. The molecule has 2 rings (SSSR count). The zero-order valence-electron chi connectivity index (χ0n) is 15.3. The van der Waals surface area contributed by atoms with Crippen molar-refractivity contribution in [2.45, 2.75) is 6.92 Å². The lowest BCUT2D eigenvalue weighted by Gasteiger charge is -2.10. The fourth-order valence-corrected chi connectivity index (χ4v) is 2.25. The SMILES string of the molecule is COc1cc(/C=C/C(=O)OCC(=O)Nc2cc(C)ccc2OC)ccc1O. The van der Waals surface area contributed by atoms with Crippen molar-refractivity contribution in [2.75, 3.05) is 26.1 Å². The highest BCUT2D eigenvalue weighted by Gasteiger charge is 2.10. The van der Waals surface area contributed by atoms with Gasteiger partial charge in [-0.15, -0.1) is 0 Å². The molecule has 0 aliphatic rings. The molecular weight excluding hydrogens is 350 g/mol. The van der Waals surface area contributed by atoms with Gasteiger partial charge in [0.15, 0.2) is 18.1 Å². The quantitative estimate of drug-likeness (QED) is 0.574. The summed E-state index contributed by atoms with van der Waals surface area (Å²) >= 11 is 0. The molecule has 7 heteroatoms. The smallest absolute Gasteiger partial charge is 0.331 e. The average Bonchev–Trinajstić information content (AvgIpc) is 2.66. The first kappa shape index (κ1) is 19.8. The Bertz CT molecular complexity index is 860. The van der Waals surface area contributed by atoms with Crippen LogP contribution in [-0.2, 0) is 14.3 Å². The van der Waals surface area contributed by atoms with Gasteiger partial charge in [-0.3, -0.25) is 4.79 Å². The minimum absolute atomic E-state index is 0.000439. The number of methoxy groups -OCH3 is 2. The molecule has 2 aromatic carbocycles. The van der Waals surface area contributed by atoms with Gasteiger partial charge in [-0.05, 0) is 48.4 Å². The van der Waals surface area contributed by atoms with E-state index in [0.29, 0.717) is 17.0 Å². The number of carbonyl (C=O) groups excluding carboxylic acids is 2. The van der Waals surface area contributed by atoms with Crippen LogP contribution in [0.1, 0.15) is 11.1 Å². The maximum Gasteiger partial charge on any atom is 0.331 e. The first-order valence-electron chi connectivity index (χ1n) is 8.09. The molecule has 0 aliphatic carbocycles. The molecule has 0 heterocycles. The number of benzene rings is 2. The topological polar surface area (TPSA) is 94.1 Å². The second kappa shape index (κ2) is 9.28. The summed E-state index contributed by atoms with van der Waals surface area (Å²) in [7, 11) is 2.93. The number of carbonyl (C=O) groups is 2. The largest absolute Gasteiger partial charge is 0.504 e. The van der Waals surface area contributed by atoms with E-state index in [2.05, 4.69) is 5.32 Å². The van der Waals surface area contributed by atoms with E-state index in [0.717, 1.165) is 5.56 Å². The number of phenols is 1. The minimum atomic E-state index is -0.673. The van der Waals surface area contributed by atoms with Crippen molar-refractivity contribution in [3.05, 3.63) is 53.6 Å². The third-order valence-electron chi connectivity index (χ3n) is 3.59. The standard InChI is InChI=1S/C20H21NO6/c1-13-4-8-17(25-2)15(10-13)21-19(23)12-27-20(24)9-6-14-5-7-16(22)18(11-14)26-3/h4-11,22H,12H2,1-3H3,(H,21,23)/b9-6+. The number of ether oxygens (including phenoxy) is 3. The highest BCUT2D eigenvalue weighted by molar-refractivity contribution is 5.95. The summed E-state index contributed by atoms with van der Waals surface area (Å²) in [6.07, 6.45) is 2.68. The van der Waals surface area contributed by atoms with Gasteiger partial charge in [0.25, 0.3) is 5.91 Å². The molecule has 7 nitrogen and oxygen atoms in total. The maximum absolute atomic E-state index is 12.0. The van der Waals surface area contributed by atoms with E-state index < -0.39 is 18.5 Å². The number of rotatable bonds is 7. The number of phenolic OH excluding ortho intramolecular Hbond substituents is 1. The molecule has 1 amide bonds. The monoisotopic (exact) mass is 371 g/mol. The molecule has 0 atom stereocenters. The predicted octanol–water partition coefficient (Wildman–Crippen LogP) is 2.91. The lowest BCUT2D eigenvalue weighted by atomic mass is 10.2. The number of amides is 1. The number of aryl methyl sites for hydroxylation is 1. The van der Waals surface area contributed by atoms with Crippen molar-refractivity contribution in [2.24, 2.45) is 0 Å². The predicted molar refractivity (Wildman–Crippen MR) is 101 cm³/mol. The molecule has 0 spiro atoms. The Morgan fingerprint density at radius 3 is 2.52 bits per heavy atom. The third kappa shape index (κ3) is 5.78. The van der Waals surface area contributed by atoms with Gasteiger partial charge >= 0.3 is 5.97 Å². The van der Waals surface area contributed by atoms with E-state index in [1.165, 1.54) is 32.4 Å². The Labute approximate surface area is 157 Å². The van der Waals surface area contributed by atoms with Crippen molar-refractivity contribution >= 4 is 23.6 Å². The van der Waals surface area contributed by atoms with Gasteiger partial charge in [0.2, 0.25) is 0 Å². The van der Waals surface area contributed by atoms with Crippen LogP contribution >= 0.6 is 0 Å². The van der Waals surface area contributed by atoms with Gasteiger partial charge < -0.3 is 24.6 Å². The van der Waals surface area contributed by atoms with Gasteiger partial charge in [-0.25, -0.2) is 4.79 Å². The van der Waals surface area contributed by atoms with Gasteiger partial charge in [0.1, 0.15) is 5.75 Å². The van der Waals surface area contributed by atoms with Crippen LogP contribution in [0.25, 0.3) is 6.08 Å². The van der Waals surface area contributed by atoms with Gasteiger partial charge in [-0.1, -0.05) is 12.1 Å². The van der Waals surface area contributed by atoms with Crippen LogP contribution in [0.15, 0.2) is 42.5 Å². The van der Waals surface area contributed by atoms with Crippen molar-refractivity contribution in [1.29, 1.82) is 0 Å². The third-order valence-corrected chi connectivity index (χ3v) is 3.59. The van der Waals surface area contributed by atoms with Crippen LogP contribution in [0.5, 0.6) is 17.2 Å². The summed E-state index contributed by atoms with van der Waals surface area (Å²) in [5.74, 6) is -0.348. The highest BCUT2D eigenvalue weighted by Crippen LogP contribution is 2.27. The zero-order valence-corrected chi connectivity index (χ0v) is 15.3. The average molecular weight is 371 g/mol. The van der Waals surface area contributed by atoms with Crippen molar-refractivity contribution in [3.8, 4) is 17.2 Å². The molecule has 0 fully saturated rings. The summed E-state index contributed by atoms with van der Waals surface area (Å²) in [5, 5.41) is 12.2. The molecule has 0 aliphatic heterocycles. The number of hydrogen-bond acceptors (Lipinski definition) is 6. The highest BCUT2D eigenvalue weighted by atomic mass is 16.5. The number of anilines is 1. The number of hydrogen-bond donors (Lipinski definition) is 2. The van der Waals surface area contributed by atoms with Crippen LogP contribution in [-0.4, -0.2) is 37.8 Å². The summed E-state index contributed by atoms with van der Waals surface area (Å²) < 4.78 is 15.1. The Morgan fingerprint density at radius 2 is 1.81 bits per heavy atom. The molecule has 0 saturated heterocycles. The van der Waals surface area contributed by atoms with E-state index in [1.807, 2.05) is 13.0 Å². The molecule has 0 saturated carbocycles. The van der Waals surface area contributed by atoms with Crippen LogP contribution in [0.4, 0.5) is 5.69 Å². The van der Waals surface area contributed by atoms with E-state index >= 15 is 0 Å². The number of esters is 1. The molecule has 0 aromatic heterocycles. The molecule has 0 unspecified atom stereocenters.